The predicted molar refractivity (Wildman–Crippen MR) is 113 cm³/mol. The third kappa shape index (κ3) is 3.69. The van der Waals surface area contributed by atoms with E-state index in [0.29, 0.717) is 22.1 Å². The summed E-state index contributed by atoms with van der Waals surface area (Å²) < 4.78 is 1.66. The van der Waals surface area contributed by atoms with Gasteiger partial charge in [0, 0.05) is 6.04 Å². The molecule has 1 aliphatic carbocycles. The van der Waals surface area contributed by atoms with Crippen molar-refractivity contribution in [2.45, 2.75) is 49.6 Å². The lowest BCUT2D eigenvalue weighted by Gasteiger charge is -2.18. The Morgan fingerprint density at radius 3 is 2.68 bits per heavy atom. The van der Waals surface area contributed by atoms with E-state index in [2.05, 4.69) is 12.2 Å². The van der Waals surface area contributed by atoms with Crippen molar-refractivity contribution < 1.29 is 4.79 Å². The number of thioether (sulfide) groups is 1. The molecule has 0 bridgehead atoms. The first-order valence-electron chi connectivity index (χ1n) is 9.65. The van der Waals surface area contributed by atoms with Gasteiger partial charge < -0.3 is 5.32 Å². The van der Waals surface area contributed by atoms with Crippen molar-refractivity contribution in [1.82, 2.24) is 14.9 Å². The van der Waals surface area contributed by atoms with Gasteiger partial charge in [-0.25, -0.2) is 4.98 Å². The largest absolute Gasteiger partial charge is 0.352 e. The number of hydrogen-bond donors (Lipinski definition) is 1. The predicted octanol–water partition coefficient (Wildman–Crippen LogP) is 3.71. The normalized spacial score (nSPS) is 14.8. The number of hydrogen-bond acceptors (Lipinski definition) is 4. The molecule has 1 aromatic heterocycles. The second-order valence-corrected chi connectivity index (χ2v) is 8.39. The van der Waals surface area contributed by atoms with E-state index in [0.717, 1.165) is 30.5 Å². The summed E-state index contributed by atoms with van der Waals surface area (Å²) in [6.07, 6.45) is 2.90. The van der Waals surface area contributed by atoms with Gasteiger partial charge >= 0.3 is 0 Å². The summed E-state index contributed by atoms with van der Waals surface area (Å²) in [5.41, 5.74) is 2.43. The molecule has 1 saturated carbocycles. The first-order valence-corrected chi connectivity index (χ1v) is 10.5. The van der Waals surface area contributed by atoms with Crippen LogP contribution in [0, 0.1) is 0 Å². The topological polar surface area (TPSA) is 64.0 Å². The number of rotatable bonds is 6. The fourth-order valence-corrected chi connectivity index (χ4v) is 4.12. The van der Waals surface area contributed by atoms with Crippen LogP contribution in [0.1, 0.15) is 32.3 Å². The van der Waals surface area contributed by atoms with Gasteiger partial charge in [-0.05, 0) is 49.9 Å². The van der Waals surface area contributed by atoms with Crippen molar-refractivity contribution in [2.75, 3.05) is 0 Å². The van der Waals surface area contributed by atoms with Crippen LogP contribution in [0.25, 0.3) is 16.6 Å². The molecular weight excluding hydrogens is 370 g/mol. The number of fused-ring (bicyclic) bond motifs is 1. The quantitative estimate of drug-likeness (QED) is 0.512. The molecule has 1 atom stereocenters. The van der Waals surface area contributed by atoms with Crippen molar-refractivity contribution in [1.29, 1.82) is 0 Å². The number of nitrogens with one attached hydrogen (secondary N) is 1. The van der Waals surface area contributed by atoms with Gasteiger partial charge in [0.25, 0.3) is 5.56 Å². The Hall–Kier alpha value is -2.60. The molecule has 4 rings (SSSR count). The molecule has 5 nitrogen and oxygen atoms in total. The molecule has 1 aliphatic rings. The molecule has 0 aliphatic heterocycles. The van der Waals surface area contributed by atoms with Crippen molar-refractivity contribution in [3.05, 3.63) is 64.4 Å². The van der Waals surface area contributed by atoms with Crippen molar-refractivity contribution in [3.63, 3.8) is 0 Å². The van der Waals surface area contributed by atoms with Crippen LogP contribution in [-0.2, 0) is 11.2 Å². The number of aryl methyl sites for hydroxylation is 1. The smallest absolute Gasteiger partial charge is 0.266 e. The lowest BCUT2D eigenvalue weighted by Crippen LogP contribution is -2.33. The SMILES string of the molecule is CCc1ccccc1-n1c(S[C@H](C)C(=O)NC2CC2)nc2ccccc2c1=O. The number of carbonyl (C=O) groups excluding carboxylic acids is 1. The van der Waals surface area contributed by atoms with E-state index in [1.807, 2.05) is 49.4 Å². The van der Waals surface area contributed by atoms with Crippen molar-refractivity contribution in [2.24, 2.45) is 0 Å². The summed E-state index contributed by atoms with van der Waals surface area (Å²) >= 11 is 1.33. The number of para-hydroxylation sites is 2. The molecule has 1 amide bonds. The second kappa shape index (κ2) is 7.80. The van der Waals surface area contributed by atoms with E-state index in [9.17, 15) is 9.59 Å². The Morgan fingerprint density at radius 1 is 1.21 bits per heavy atom. The number of benzene rings is 2. The summed E-state index contributed by atoms with van der Waals surface area (Å²) in [7, 11) is 0. The van der Waals surface area contributed by atoms with Gasteiger partial charge in [0.15, 0.2) is 5.16 Å². The molecule has 1 N–H and O–H groups in total. The molecule has 3 aromatic rings. The van der Waals surface area contributed by atoms with Gasteiger partial charge in [0.05, 0.1) is 21.8 Å². The number of carbonyl (C=O) groups is 1. The summed E-state index contributed by atoms with van der Waals surface area (Å²) in [5, 5.41) is 3.81. The van der Waals surface area contributed by atoms with Gasteiger partial charge in [-0.1, -0.05) is 49.0 Å². The maximum atomic E-state index is 13.4. The zero-order valence-corrected chi connectivity index (χ0v) is 16.8. The minimum absolute atomic E-state index is 0.00904. The Balaban J connectivity index is 1.83. The molecule has 144 valence electrons. The average Bonchev–Trinajstić information content (AvgIpc) is 3.52. The zero-order valence-electron chi connectivity index (χ0n) is 16.0. The lowest BCUT2D eigenvalue weighted by atomic mass is 10.1. The number of nitrogens with zero attached hydrogens (tertiary/aromatic N) is 2. The number of aromatic nitrogens is 2. The molecule has 0 spiro atoms. The van der Waals surface area contributed by atoms with Crippen LogP contribution in [0.15, 0.2) is 58.5 Å². The van der Waals surface area contributed by atoms with Crippen molar-refractivity contribution in [3.8, 4) is 5.69 Å². The molecule has 1 fully saturated rings. The van der Waals surface area contributed by atoms with Crippen LogP contribution in [-0.4, -0.2) is 26.8 Å². The van der Waals surface area contributed by atoms with Gasteiger partial charge in [-0.3, -0.25) is 14.2 Å². The van der Waals surface area contributed by atoms with Crippen LogP contribution in [0.3, 0.4) is 0 Å². The maximum Gasteiger partial charge on any atom is 0.266 e. The third-order valence-corrected chi connectivity index (χ3v) is 5.99. The summed E-state index contributed by atoms with van der Waals surface area (Å²) in [6.45, 7) is 3.93. The Morgan fingerprint density at radius 2 is 1.93 bits per heavy atom. The molecular formula is C22H23N3O2S. The third-order valence-electron chi connectivity index (χ3n) is 4.93. The van der Waals surface area contributed by atoms with E-state index >= 15 is 0 Å². The van der Waals surface area contributed by atoms with E-state index in [-0.39, 0.29) is 16.7 Å². The van der Waals surface area contributed by atoms with Crippen LogP contribution < -0.4 is 10.9 Å². The minimum Gasteiger partial charge on any atom is -0.352 e. The molecule has 0 radical (unpaired) electrons. The maximum absolute atomic E-state index is 13.4. The highest BCUT2D eigenvalue weighted by molar-refractivity contribution is 8.00. The molecule has 6 heteroatoms. The minimum atomic E-state index is -0.339. The first kappa shape index (κ1) is 18.7. The second-order valence-electron chi connectivity index (χ2n) is 7.08. The van der Waals surface area contributed by atoms with Crippen LogP contribution >= 0.6 is 11.8 Å². The summed E-state index contributed by atoms with van der Waals surface area (Å²) in [6, 6.07) is 15.5. The van der Waals surface area contributed by atoms with Crippen LogP contribution in [0.2, 0.25) is 0 Å². The fourth-order valence-electron chi connectivity index (χ4n) is 3.19. The monoisotopic (exact) mass is 393 g/mol. The zero-order chi connectivity index (χ0) is 19.7. The average molecular weight is 394 g/mol. The van der Waals surface area contributed by atoms with E-state index in [1.165, 1.54) is 11.8 Å². The van der Waals surface area contributed by atoms with Gasteiger partial charge in [-0.15, -0.1) is 0 Å². The summed E-state index contributed by atoms with van der Waals surface area (Å²) in [5.74, 6) is -0.00904. The standard InChI is InChI=1S/C22H23N3O2S/c1-3-15-8-4-7-11-19(15)25-21(27)17-9-5-6-10-18(17)24-22(25)28-14(2)20(26)23-16-12-13-16/h4-11,14,16H,3,12-13H2,1-2H3,(H,23,26)/t14-/m1/s1. The Labute approximate surface area is 168 Å². The molecule has 2 aromatic carbocycles. The van der Waals surface area contributed by atoms with Gasteiger partial charge in [0.1, 0.15) is 0 Å². The van der Waals surface area contributed by atoms with E-state index in [1.54, 1.807) is 10.6 Å². The number of amides is 1. The van der Waals surface area contributed by atoms with Gasteiger partial charge in [-0.2, -0.15) is 0 Å². The van der Waals surface area contributed by atoms with E-state index < -0.39 is 0 Å². The fraction of sp³-hybridized carbons (Fsp3) is 0.318. The van der Waals surface area contributed by atoms with E-state index in [4.69, 9.17) is 4.98 Å². The van der Waals surface area contributed by atoms with Gasteiger partial charge in [0.2, 0.25) is 5.91 Å². The molecule has 0 saturated heterocycles. The molecule has 0 unspecified atom stereocenters. The van der Waals surface area contributed by atoms with Crippen LogP contribution in [0.4, 0.5) is 0 Å². The Kier molecular flexibility index (Phi) is 5.22. The highest BCUT2D eigenvalue weighted by atomic mass is 32.2. The van der Waals surface area contributed by atoms with Crippen LogP contribution in [0.5, 0.6) is 0 Å². The first-order chi connectivity index (χ1) is 13.6. The summed E-state index contributed by atoms with van der Waals surface area (Å²) in [4.78, 5) is 30.6. The Bertz CT molecular complexity index is 1090. The van der Waals surface area contributed by atoms with Crippen molar-refractivity contribution >= 4 is 28.6 Å². The highest BCUT2D eigenvalue weighted by Crippen LogP contribution is 2.27. The highest BCUT2D eigenvalue weighted by Gasteiger charge is 2.27. The lowest BCUT2D eigenvalue weighted by molar-refractivity contribution is -0.120. The molecule has 1 heterocycles. The molecule has 28 heavy (non-hydrogen) atoms.